The monoisotopic (exact) mass is 380 g/mol. The number of hydrogen-bond donors (Lipinski definition) is 1. The molecule has 5 nitrogen and oxygen atoms in total. The van der Waals surface area contributed by atoms with Gasteiger partial charge >= 0.3 is 0 Å². The van der Waals surface area contributed by atoms with Gasteiger partial charge in [-0.25, -0.2) is 0 Å². The molecule has 1 amide bonds. The van der Waals surface area contributed by atoms with Gasteiger partial charge in [0.25, 0.3) is 0 Å². The number of carbonyl (C=O) groups excluding carboxylic acids is 1. The SMILES string of the molecule is CCC(=Cc1ccccc1Sc1ccc2nnc(C(C)(C)C)n2c1)C(N)=O. The number of aromatic nitrogens is 3. The predicted molar refractivity (Wildman–Crippen MR) is 110 cm³/mol. The first-order valence-electron chi connectivity index (χ1n) is 8.92. The maximum Gasteiger partial charge on any atom is 0.244 e. The van der Waals surface area contributed by atoms with E-state index in [9.17, 15) is 4.79 Å². The van der Waals surface area contributed by atoms with Gasteiger partial charge < -0.3 is 5.73 Å². The Balaban J connectivity index is 2.00. The molecule has 140 valence electrons. The van der Waals surface area contributed by atoms with Crippen LogP contribution in [0.5, 0.6) is 0 Å². The van der Waals surface area contributed by atoms with Crippen LogP contribution in [0, 0.1) is 0 Å². The van der Waals surface area contributed by atoms with Gasteiger partial charge in [0.2, 0.25) is 5.91 Å². The zero-order valence-electron chi connectivity index (χ0n) is 16.1. The summed E-state index contributed by atoms with van der Waals surface area (Å²) in [5.74, 6) is 0.549. The zero-order valence-corrected chi connectivity index (χ0v) is 16.9. The van der Waals surface area contributed by atoms with E-state index >= 15 is 0 Å². The van der Waals surface area contributed by atoms with Gasteiger partial charge in [-0.3, -0.25) is 9.20 Å². The number of nitrogens with zero attached hydrogens (tertiary/aromatic N) is 3. The number of carbonyl (C=O) groups is 1. The van der Waals surface area contributed by atoms with Crippen LogP contribution in [0.25, 0.3) is 11.7 Å². The minimum Gasteiger partial charge on any atom is -0.366 e. The Kier molecular flexibility index (Phi) is 5.37. The van der Waals surface area contributed by atoms with Crippen molar-refractivity contribution >= 4 is 29.4 Å². The minimum absolute atomic E-state index is 0.0964. The Morgan fingerprint density at radius 3 is 2.59 bits per heavy atom. The fourth-order valence-electron chi connectivity index (χ4n) is 2.80. The Bertz CT molecular complexity index is 1010. The molecule has 6 heteroatoms. The molecule has 27 heavy (non-hydrogen) atoms. The van der Waals surface area contributed by atoms with Crippen molar-refractivity contribution in [2.75, 3.05) is 0 Å². The normalized spacial score (nSPS) is 12.5. The molecule has 0 aliphatic carbocycles. The molecule has 2 N–H and O–H groups in total. The lowest BCUT2D eigenvalue weighted by Gasteiger charge is -2.16. The summed E-state index contributed by atoms with van der Waals surface area (Å²) in [5, 5.41) is 8.61. The molecule has 0 saturated carbocycles. The first-order chi connectivity index (χ1) is 12.8. The van der Waals surface area contributed by atoms with Gasteiger partial charge in [0.1, 0.15) is 5.82 Å². The van der Waals surface area contributed by atoms with Crippen molar-refractivity contribution in [3.05, 3.63) is 59.6 Å². The summed E-state index contributed by atoms with van der Waals surface area (Å²) in [4.78, 5) is 13.7. The van der Waals surface area contributed by atoms with Crippen LogP contribution >= 0.6 is 11.8 Å². The molecular weight excluding hydrogens is 356 g/mol. The van der Waals surface area contributed by atoms with Gasteiger partial charge in [-0.15, -0.1) is 10.2 Å². The second kappa shape index (κ2) is 7.56. The van der Waals surface area contributed by atoms with Gasteiger partial charge in [0.05, 0.1) is 0 Å². The largest absolute Gasteiger partial charge is 0.366 e. The van der Waals surface area contributed by atoms with Crippen molar-refractivity contribution < 1.29 is 4.79 Å². The smallest absolute Gasteiger partial charge is 0.244 e. The average Bonchev–Trinajstić information content (AvgIpc) is 3.04. The van der Waals surface area contributed by atoms with Crippen LogP contribution in [0.1, 0.15) is 45.5 Å². The third kappa shape index (κ3) is 4.22. The maximum absolute atomic E-state index is 11.6. The van der Waals surface area contributed by atoms with Crippen molar-refractivity contribution in [2.45, 2.75) is 49.3 Å². The molecule has 0 atom stereocenters. The molecule has 1 aromatic carbocycles. The summed E-state index contributed by atoms with van der Waals surface area (Å²) in [7, 11) is 0. The van der Waals surface area contributed by atoms with Gasteiger partial charge in [-0.1, -0.05) is 57.7 Å². The molecule has 0 aliphatic heterocycles. The number of rotatable bonds is 5. The molecule has 0 radical (unpaired) electrons. The van der Waals surface area contributed by atoms with Crippen molar-refractivity contribution in [3.8, 4) is 0 Å². The first kappa shape index (κ1) is 19.2. The van der Waals surface area contributed by atoms with Crippen molar-refractivity contribution in [3.63, 3.8) is 0 Å². The highest BCUT2D eigenvalue weighted by atomic mass is 32.2. The maximum atomic E-state index is 11.6. The fraction of sp³-hybridized carbons (Fsp3) is 0.286. The molecule has 3 aromatic rings. The molecule has 2 heterocycles. The third-order valence-corrected chi connectivity index (χ3v) is 5.29. The number of primary amides is 1. The summed E-state index contributed by atoms with van der Waals surface area (Å²) in [5.41, 5.74) is 7.81. The van der Waals surface area contributed by atoms with Crippen LogP contribution in [0.3, 0.4) is 0 Å². The van der Waals surface area contributed by atoms with Gasteiger partial charge in [0, 0.05) is 27.0 Å². The van der Waals surface area contributed by atoms with E-state index < -0.39 is 0 Å². The number of pyridine rings is 1. The molecule has 0 bridgehead atoms. The first-order valence-corrected chi connectivity index (χ1v) is 9.73. The molecular formula is C21H24N4OS. The van der Waals surface area contributed by atoms with Crippen molar-refractivity contribution in [2.24, 2.45) is 5.73 Å². The molecule has 0 spiro atoms. The van der Waals surface area contributed by atoms with E-state index in [1.54, 1.807) is 11.8 Å². The number of amides is 1. The number of hydrogen-bond acceptors (Lipinski definition) is 4. The molecule has 0 aliphatic rings. The Morgan fingerprint density at radius 2 is 1.93 bits per heavy atom. The lowest BCUT2D eigenvalue weighted by atomic mass is 9.96. The predicted octanol–water partition coefficient (Wildman–Crippen LogP) is 4.46. The van der Waals surface area contributed by atoms with E-state index in [1.807, 2.05) is 53.8 Å². The summed E-state index contributed by atoms with van der Waals surface area (Å²) in [6, 6.07) is 12.0. The van der Waals surface area contributed by atoms with Crippen LogP contribution in [0.15, 0.2) is 58.0 Å². The van der Waals surface area contributed by atoms with E-state index in [1.165, 1.54) is 0 Å². The molecule has 0 fully saturated rings. The Morgan fingerprint density at radius 1 is 1.19 bits per heavy atom. The van der Waals surface area contributed by atoms with E-state index in [2.05, 4.69) is 37.2 Å². The highest BCUT2D eigenvalue weighted by molar-refractivity contribution is 7.99. The average molecular weight is 381 g/mol. The van der Waals surface area contributed by atoms with Crippen molar-refractivity contribution in [1.82, 2.24) is 14.6 Å². The van der Waals surface area contributed by atoms with Crippen molar-refractivity contribution in [1.29, 1.82) is 0 Å². The summed E-state index contributed by atoms with van der Waals surface area (Å²) < 4.78 is 2.04. The van der Waals surface area contributed by atoms with E-state index in [0.29, 0.717) is 12.0 Å². The topological polar surface area (TPSA) is 73.3 Å². The Hall–Kier alpha value is -2.60. The van der Waals surface area contributed by atoms with Crippen LogP contribution < -0.4 is 5.73 Å². The lowest BCUT2D eigenvalue weighted by Crippen LogP contribution is -2.15. The van der Waals surface area contributed by atoms with Crippen LogP contribution in [0.2, 0.25) is 0 Å². The molecule has 0 unspecified atom stereocenters. The summed E-state index contributed by atoms with van der Waals surface area (Å²) in [6.45, 7) is 8.30. The fourth-order valence-corrected chi connectivity index (χ4v) is 3.74. The molecule has 0 saturated heterocycles. The molecule has 3 rings (SSSR count). The van der Waals surface area contributed by atoms with Crippen LogP contribution in [0.4, 0.5) is 0 Å². The third-order valence-electron chi connectivity index (χ3n) is 4.22. The summed E-state index contributed by atoms with van der Waals surface area (Å²) in [6.07, 6.45) is 4.55. The van der Waals surface area contributed by atoms with Gasteiger partial charge in [0.15, 0.2) is 5.65 Å². The highest BCUT2D eigenvalue weighted by Gasteiger charge is 2.21. The van der Waals surface area contributed by atoms with E-state index in [-0.39, 0.29) is 11.3 Å². The second-order valence-electron chi connectivity index (χ2n) is 7.39. The second-order valence-corrected chi connectivity index (χ2v) is 8.51. The molecule has 2 aromatic heterocycles. The lowest BCUT2D eigenvalue weighted by molar-refractivity contribution is -0.114. The van der Waals surface area contributed by atoms with E-state index in [4.69, 9.17) is 5.73 Å². The highest BCUT2D eigenvalue weighted by Crippen LogP contribution is 2.32. The Labute approximate surface area is 163 Å². The standard InChI is InChI=1S/C21H24N4OS/c1-5-14(19(22)26)12-15-8-6-7-9-17(15)27-16-10-11-18-23-24-20(21(2,3)4)25(18)13-16/h6-13H,5H2,1-4H3,(H2,22,26). The number of nitrogens with two attached hydrogens (primary N) is 1. The zero-order chi connectivity index (χ0) is 19.6. The van der Waals surface area contributed by atoms with Crippen LogP contribution in [-0.4, -0.2) is 20.5 Å². The number of benzene rings is 1. The van der Waals surface area contributed by atoms with Crippen LogP contribution in [-0.2, 0) is 10.2 Å². The minimum atomic E-state index is -0.377. The van der Waals surface area contributed by atoms with E-state index in [0.717, 1.165) is 26.8 Å². The van der Waals surface area contributed by atoms with Gasteiger partial charge in [-0.05, 0) is 36.3 Å². The summed E-state index contributed by atoms with van der Waals surface area (Å²) >= 11 is 1.64. The number of fused-ring (bicyclic) bond motifs is 1. The van der Waals surface area contributed by atoms with Gasteiger partial charge in [-0.2, -0.15) is 0 Å². The quantitative estimate of drug-likeness (QED) is 0.663.